The molecule has 3 aromatic rings. The molecule has 0 aliphatic carbocycles. The summed E-state index contributed by atoms with van der Waals surface area (Å²) in [4.78, 5) is 26.7. The average Bonchev–Trinajstić information content (AvgIpc) is 3.06. The molecule has 136 valence electrons. The van der Waals surface area contributed by atoms with Gasteiger partial charge in [-0.3, -0.25) is 14.7 Å². The van der Waals surface area contributed by atoms with E-state index in [0.717, 1.165) is 35.3 Å². The van der Waals surface area contributed by atoms with Gasteiger partial charge in [0.2, 0.25) is 5.91 Å². The van der Waals surface area contributed by atoms with Crippen LogP contribution in [-0.2, 0) is 24.3 Å². The Bertz CT molecular complexity index is 989. The van der Waals surface area contributed by atoms with Crippen LogP contribution in [0.25, 0.3) is 10.8 Å². The van der Waals surface area contributed by atoms with Gasteiger partial charge in [-0.25, -0.2) is 4.68 Å². The molecule has 0 aliphatic heterocycles. The fraction of sp³-hybridized carbons (Fsp3) is 0.368. The van der Waals surface area contributed by atoms with E-state index in [2.05, 4.69) is 22.2 Å². The minimum atomic E-state index is -0.250. The van der Waals surface area contributed by atoms with Gasteiger partial charge in [-0.15, -0.1) is 0 Å². The van der Waals surface area contributed by atoms with E-state index >= 15 is 0 Å². The van der Waals surface area contributed by atoms with E-state index in [1.807, 2.05) is 31.2 Å². The second-order valence-corrected chi connectivity index (χ2v) is 6.48. The number of rotatable bonds is 6. The molecule has 0 spiro atoms. The zero-order valence-electron chi connectivity index (χ0n) is 15.3. The first kappa shape index (κ1) is 17.8. The van der Waals surface area contributed by atoms with Crippen LogP contribution in [0.1, 0.15) is 30.4 Å². The van der Waals surface area contributed by atoms with Crippen LogP contribution in [0, 0.1) is 6.92 Å². The lowest BCUT2D eigenvalue weighted by molar-refractivity contribution is -0.131. The van der Waals surface area contributed by atoms with E-state index in [0.29, 0.717) is 11.9 Å². The Balaban J connectivity index is 1.75. The van der Waals surface area contributed by atoms with Crippen LogP contribution in [0.15, 0.2) is 35.1 Å². The van der Waals surface area contributed by atoms with Gasteiger partial charge in [0.25, 0.3) is 5.56 Å². The maximum absolute atomic E-state index is 12.6. The van der Waals surface area contributed by atoms with Gasteiger partial charge < -0.3 is 4.90 Å². The number of carbonyl (C=O) groups excluding carboxylic acids is 1. The van der Waals surface area contributed by atoms with Crippen molar-refractivity contribution in [1.29, 1.82) is 0 Å². The highest BCUT2D eigenvalue weighted by Gasteiger charge is 2.15. The van der Waals surface area contributed by atoms with Crippen molar-refractivity contribution in [3.8, 4) is 0 Å². The Morgan fingerprint density at radius 3 is 2.73 bits per heavy atom. The summed E-state index contributed by atoms with van der Waals surface area (Å²) in [7, 11) is 1.71. The second kappa shape index (κ2) is 7.51. The van der Waals surface area contributed by atoms with Crippen molar-refractivity contribution < 1.29 is 4.79 Å². The molecule has 1 amide bonds. The normalized spacial score (nSPS) is 11.0. The Kier molecular flexibility index (Phi) is 5.16. The topological polar surface area (TPSA) is 83.9 Å². The first-order valence-corrected chi connectivity index (χ1v) is 8.73. The number of nitrogens with zero attached hydrogens (tertiary/aromatic N) is 4. The molecule has 1 aromatic carbocycles. The maximum Gasteiger partial charge on any atom is 0.275 e. The summed E-state index contributed by atoms with van der Waals surface area (Å²) in [5, 5.41) is 12.9. The Morgan fingerprint density at radius 1 is 1.27 bits per heavy atom. The zero-order valence-corrected chi connectivity index (χ0v) is 15.3. The number of aryl methyl sites for hydroxylation is 2. The monoisotopic (exact) mass is 353 g/mol. The van der Waals surface area contributed by atoms with Crippen molar-refractivity contribution in [1.82, 2.24) is 24.9 Å². The van der Waals surface area contributed by atoms with E-state index in [9.17, 15) is 9.59 Å². The summed E-state index contributed by atoms with van der Waals surface area (Å²) in [6, 6.07) is 9.28. The lowest BCUT2D eigenvalue weighted by Crippen LogP contribution is -2.35. The Morgan fingerprint density at radius 2 is 2.00 bits per heavy atom. The third-order valence-electron chi connectivity index (χ3n) is 4.36. The minimum Gasteiger partial charge on any atom is -0.338 e. The lowest BCUT2D eigenvalue weighted by Gasteiger charge is -2.17. The van der Waals surface area contributed by atoms with Crippen molar-refractivity contribution in [2.75, 3.05) is 7.05 Å². The summed E-state index contributed by atoms with van der Waals surface area (Å²) < 4.78 is 1.24. The van der Waals surface area contributed by atoms with E-state index in [1.54, 1.807) is 18.0 Å². The van der Waals surface area contributed by atoms with Gasteiger partial charge in [0.05, 0.1) is 29.0 Å². The third-order valence-corrected chi connectivity index (χ3v) is 4.36. The van der Waals surface area contributed by atoms with Gasteiger partial charge in [0.15, 0.2) is 0 Å². The quantitative estimate of drug-likeness (QED) is 0.735. The number of fused-ring (bicyclic) bond motifs is 1. The summed E-state index contributed by atoms with van der Waals surface area (Å²) in [5.41, 5.74) is 2.35. The molecule has 0 bridgehead atoms. The number of nitrogens with one attached hydrogen (secondary N) is 1. The molecule has 3 rings (SSSR count). The van der Waals surface area contributed by atoms with Crippen LogP contribution in [0.3, 0.4) is 0 Å². The van der Waals surface area contributed by atoms with Crippen LogP contribution in [0.5, 0.6) is 0 Å². The molecule has 0 atom stereocenters. The molecule has 0 saturated heterocycles. The zero-order chi connectivity index (χ0) is 18.7. The second-order valence-electron chi connectivity index (χ2n) is 6.48. The summed E-state index contributed by atoms with van der Waals surface area (Å²) in [5.74, 6) is -0.180. The number of hydrogen-bond donors (Lipinski definition) is 1. The molecule has 0 unspecified atom stereocenters. The molecule has 26 heavy (non-hydrogen) atoms. The largest absolute Gasteiger partial charge is 0.338 e. The summed E-state index contributed by atoms with van der Waals surface area (Å²) >= 11 is 0. The molecule has 1 N–H and O–H groups in total. The van der Waals surface area contributed by atoms with E-state index in [-0.39, 0.29) is 18.0 Å². The molecule has 0 aliphatic rings. The first-order valence-electron chi connectivity index (χ1n) is 8.73. The molecular weight excluding hydrogens is 330 g/mol. The van der Waals surface area contributed by atoms with Gasteiger partial charge in [-0.2, -0.15) is 10.2 Å². The van der Waals surface area contributed by atoms with Crippen molar-refractivity contribution in [3.05, 3.63) is 57.8 Å². The molecule has 7 heteroatoms. The average molecular weight is 353 g/mol. The van der Waals surface area contributed by atoms with Gasteiger partial charge in [0, 0.05) is 12.4 Å². The highest BCUT2D eigenvalue weighted by Crippen LogP contribution is 2.12. The number of benzene rings is 1. The van der Waals surface area contributed by atoms with Gasteiger partial charge >= 0.3 is 0 Å². The SMILES string of the molecule is CCCc1cc(CN(C)C(=O)Cn2nc(C)c3ccccc3c2=O)[nH]n1. The van der Waals surface area contributed by atoms with Crippen molar-refractivity contribution in [2.24, 2.45) is 0 Å². The van der Waals surface area contributed by atoms with Crippen LogP contribution >= 0.6 is 0 Å². The smallest absolute Gasteiger partial charge is 0.275 e. The molecule has 0 fully saturated rings. The van der Waals surface area contributed by atoms with E-state index in [1.165, 1.54) is 4.68 Å². The number of amides is 1. The molecule has 7 nitrogen and oxygen atoms in total. The van der Waals surface area contributed by atoms with Crippen LogP contribution < -0.4 is 5.56 Å². The highest BCUT2D eigenvalue weighted by atomic mass is 16.2. The number of aromatic amines is 1. The van der Waals surface area contributed by atoms with E-state index in [4.69, 9.17) is 0 Å². The predicted molar refractivity (Wildman–Crippen MR) is 99.8 cm³/mol. The number of hydrogen-bond acceptors (Lipinski definition) is 4. The standard InChI is InChI=1S/C19H23N5O2/c1-4-7-14-10-15(21-20-14)11-23(3)18(25)12-24-19(26)17-9-6-5-8-16(17)13(2)22-24/h5-6,8-10H,4,7,11-12H2,1-3H3,(H,20,21). The van der Waals surface area contributed by atoms with Gasteiger partial charge in [-0.05, 0) is 25.5 Å². The number of carbonyl (C=O) groups is 1. The molecule has 0 saturated carbocycles. The minimum absolute atomic E-state index is 0.0863. The number of aromatic nitrogens is 4. The summed E-state index contributed by atoms with van der Waals surface area (Å²) in [6.07, 6.45) is 1.93. The summed E-state index contributed by atoms with van der Waals surface area (Å²) in [6.45, 7) is 4.26. The fourth-order valence-corrected chi connectivity index (χ4v) is 2.98. The fourth-order valence-electron chi connectivity index (χ4n) is 2.98. The highest BCUT2D eigenvalue weighted by molar-refractivity contribution is 5.83. The molecule has 2 aromatic heterocycles. The van der Waals surface area contributed by atoms with Crippen molar-refractivity contribution >= 4 is 16.7 Å². The van der Waals surface area contributed by atoms with E-state index < -0.39 is 0 Å². The van der Waals surface area contributed by atoms with Crippen molar-refractivity contribution in [3.63, 3.8) is 0 Å². The van der Waals surface area contributed by atoms with Crippen LogP contribution in [-0.4, -0.2) is 37.8 Å². The van der Waals surface area contributed by atoms with Gasteiger partial charge in [0.1, 0.15) is 6.54 Å². The molecular formula is C19H23N5O2. The maximum atomic E-state index is 12.6. The first-order chi connectivity index (χ1) is 12.5. The molecule has 2 heterocycles. The lowest BCUT2D eigenvalue weighted by atomic mass is 10.1. The van der Waals surface area contributed by atoms with Crippen LogP contribution in [0.2, 0.25) is 0 Å². The molecule has 0 radical (unpaired) electrons. The number of H-pyrrole nitrogens is 1. The Labute approximate surface area is 151 Å². The van der Waals surface area contributed by atoms with Crippen molar-refractivity contribution in [2.45, 2.75) is 39.8 Å². The van der Waals surface area contributed by atoms with Gasteiger partial charge in [-0.1, -0.05) is 31.5 Å². The number of likely N-dealkylation sites (N-methyl/N-ethyl adjacent to an activating group) is 1. The van der Waals surface area contributed by atoms with Crippen LogP contribution in [0.4, 0.5) is 0 Å². The predicted octanol–water partition coefficient (Wildman–Crippen LogP) is 2.04. The third kappa shape index (κ3) is 3.66. The Hall–Kier alpha value is -2.96.